The van der Waals surface area contributed by atoms with Crippen LogP contribution in [0.4, 0.5) is 22.0 Å². The summed E-state index contributed by atoms with van der Waals surface area (Å²) in [6.07, 6.45) is 0.482. The van der Waals surface area contributed by atoms with Crippen molar-refractivity contribution in [1.82, 2.24) is 19.7 Å². The summed E-state index contributed by atoms with van der Waals surface area (Å²) >= 11 is 0. The van der Waals surface area contributed by atoms with Gasteiger partial charge in [-0.2, -0.15) is 13.2 Å². The molecule has 1 aliphatic heterocycles. The van der Waals surface area contributed by atoms with E-state index in [-0.39, 0.29) is 5.41 Å². The Morgan fingerprint density at radius 3 is 2.46 bits per heavy atom. The molecule has 0 radical (unpaired) electrons. The molecule has 1 unspecified atom stereocenters. The summed E-state index contributed by atoms with van der Waals surface area (Å²) in [5.41, 5.74) is 0.945. The molecule has 186 valence electrons. The van der Waals surface area contributed by atoms with E-state index in [2.05, 4.69) is 15.1 Å². The number of hydrogen-bond acceptors (Lipinski definition) is 3. The molecule has 0 bridgehead atoms. The smallest absolute Gasteiger partial charge is 0.314 e. The Morgan fingerprint density at radius 1 is 0.971 bits per heavy atom. The lowest BCUT2D eigenvalue weighted by atomic mass is 9.94. The lowest BCUT2D eigenvalue weighted by Gasteiger charge is -2.21. The molecule has 1 saturated carbocycles. The maximum atomic E-state index is 13.5. The Hall–Kier alpha value is -2.81. The van der Waals surface area contributed by atoms with Gasteiger partial charge >= 0.3 is 6.18 Å². The standard InChI is InChI=1S/C26H27F5N4/c1-34-23(32-33-24(34)17-6-11-21(27)22(28)13-17)5-3-2-4-12-35-15-20-14-25(20,16-35)18-7-9-19(10-8-18)26(29,30)31/h6-11,13,20H,2-5,12,14-16H2,1H3/t20?,25-/m1/s1. The molecule has 2 fully saturated rings. The van der Waals surface area contributed by atoms with Gasteiger partial charge in [0.1, 0.15) is 5.82 Å². The minimum Gasteiger partial charge on any atom is -0.314 e. The number of hydrogen-bond donors (Lipinski definition) is 0. The van der Waals surface area contributed by atoms with Crippen LogP contribution in [0, 0.1) is 17.6 Å². The van der Waals surface area contributed by atoms with Gasteiger partial charge in [0.2, 0.25) is 0 Å². The zero-order chi connectivity index (χ0) is 24.8. The van der Waals surface area contributed by atoms with Crippen molar-refractivity contribution in [2.45, 2.75) is 43.7 Å². The highest BCUT2D eigenvalue weighted by Gasteiger charge is 2.60. The number of benzene rings is 2. The van der Waals surface area contributed by atoms with Gasteiger partial charge in [0, 0.05) is 37.5 Å². The number of alkyl halides is 3. The van der Waals surface area contributed by atoms with Gasteiger partial charge in [-0.05, 0) is 67.6 Å². The maximum Gasteiger partial charge on any atom is 0.416 e. The number of piperidine rings is 1. The molecular formula is C26H27F5N4. The second-order valence-electron chi connectivity index (χ2n) is 9.81. The van der Waals surface area contributed by atoms with Crippen molar-refractivity contribution in [3.05, 3.63) is 71.1 Å². The van der Waals surface area contributed by atoms with Gasteiger partial charge in [0.15, 0.2) is 17.5 Å². The Bertz CT molecular complexity index is 1200. The fourth-order valence-electron chi connectivity index (χ4n) is 5.46. The summed E-state index contributed by atoms with van der Waals surface area (Å²) in [5.74, 6) is 0.0354. The Kier molecular flexibility index (Phi) is 6.15. The van der Waals surface area contributed by atoms with Gasteiger partial charge < -0.3 is 9.47 Å². The van der Waals surface area contributed by atoms with Crippen LogP contribution in [-0.4, -0.2) is 39.3 Å². The van der Waals surface area contributed by atoms with E-state index in [9.17, 15) is 22.0 Å². The van der Waals surface area contributed by atoms with Crippen molar-refractivity contribution in [3.63, 3.8) is 0 Å². The van der Waals surface area contributed by atoms with Crippen LogP contribution in [0.25, 0.3) is 11.4 Å². The van der Waals surface area contributed by atoms with Crippen molar-refractivity contribution in [2.24, 2.45) is 13.0 Å². The van der Waals surface area contributed by atoms with Crippen molar-refractivity contribution in [1.29, 1.82) is 0 Å². The monoisotopic (exact) mass is 490 g/mol. The van der Waals surface area contributed by atoms with E-state index in [1.807, 2.05) is 11.6 Å². The van der Waals surface area contributed by atoms with E-state index in [0.29, 0.717) is 17.3 Å². The van der Waals surface area contributed by atoms with Gasteiger partial charge in [0.25, 0.3) is 0 Å². The van der Waals surface area contributed by atoms with E-state index >= 15 is 0 Å². The predicted octanol–water partition coefficient (Wildman–Crippen LogP) is 5.77. The summed E-state index contributed by atoms with van der Waals surface area (Å²) in [5, 5.41) is 8.36. The van der Waals surface area contributed by atoms with Crippen molar-refractivity contribution in [3.8, 4) is 11.4 Å². The van der Waals surface area contributed by atoms with E-state index in [0.717, 1.165) is 75.3 Å². The van der Waals surface area contributed by atoms with E-state index in [1.165, 1.54) is 18.2 Å². The molecule has 3 aromatic rings. The first-order valence-corrected chi connectivity index (χ1v) is 11.9. The molecule has 1 saturated heterocycles. The van der Waals surface area contributed by atoms with Crippen LogP contribution in [0.3, 0.4) is 0 Å². The van der Waals surface area contributed by atoms with Crippen molar-refractivity contribution < 1.29 is 22.0 Å². The molecule has 2 atom stereocenters. The zero-order valence-electron chi connectivity index (χ0n) is 19.5. The molecule has 2 heterocycles. The third kappa shape index (κ3) is 4.70. The Balaban J connectivity index is 1.08. The summed E-state index contributed by atoms with van der Waals surface area (Å²) in [4.78, 5) is 2.43. The van der Waals surface area contributed by atoms with Crippen LogP contribution in [0.1, 0.15) is 42.6 Å². The molecule has 1 aromatic heterocycles. The minimum absolute atomic E-state index is 0.0268. The van der Waals surface area contributed by atoms with Crippen LogP contribution in [0.15, 0.2) is 42.5 Å². The first-order chi connectivity index (χ1) is 16.7. The number of unbranched alkanes of at least 4 members (excludes halogenated alkanes) is 2. The van der Waals surface area contributed by atoms with E-state index in [1.54, 1.807) is 12.1 Å². The first kappa shape index (κ1) is 23.9. The quantitative estimate of drug-likeness (QED) is 0.297. The maximum absolute atomic E-state index is 13.5. The molecule has 9 heteroatoms. The highest BCUT2D eigenvalue weighted by Crippen LogP contribution is 2.59. The minimum atomic E-state index is -4.30. The molecule has 0 N–H and O–H groups in total. The van der Waals surface area contributed by atoms with Gasteiger partial charge in [-0.15, -0.1) is 10.2 Å². The number of likely N-dealkylation sites (tertiary alicyclic amines) is 1. The summed E-state index contributed by atoms with van der Waals surface area (Å²) < 4.78 is 67.1. The first-order valence-electron chi connectivity index (χ1n) is 11.9. The molecule has 0 amide bonds. The Morgan fingerprint density at radius 2 is 1.74 bits per heavy atom. The fourth-order valence-corrected chi connectivity index (χ4v) is 5.46. The molecule has 4 nitrogen and oxygen atoms in total. The Labute approximate surface area is 200 Å². The average Bonchev–Trinajstić information content (AvgIpc) is 3.20. The molecular weight excluding hydrogens is 463 g/mol. The normalized spacial score (nSPS) is 21.9. The average molecular weight is 491 g/mol. The van der Waals surface area contributed by atoms with Crippen LogP contribution in [-0.2, 0) is 25.1 Å². The molecule has 2 aromatic carbocycles. The van der Waals surface area contributed by atoms with Gasteiger partial charge in [-0.3, -0.25) is 0 Å². The van der Waals surface area contributed by atoms with Gasteiger partial charge in [-0.25, -0.2) is 8.78 Å². The number of halogens is 5. The van der Waals surface area contributed by atoms with Crippen molar-refractivity contribution in [2.75, 3.05) is 19.6 Å². The number of fused-ring (bicyclic) bond motifs is 1. The van der Waals surface area contributed by atoms with Crippen LogP contribution in [0.2, 0.25) is 0 Å². The molecule has 5 rings (SSSR count). The lowest BCUT2D eigenvalue weighted by Crippen LogP contribution is -2.27. The third-order valence-electron chi connectivity index (χ3n) is 7.52. The molecule has 35 heavy (non-hydrogen) atoms. The number of aryl methyl sites for hydroxylation is 1. The topological polar surface area (TPSA) is 34.0 Å². The highest BCUT2D eigenvalue weighted by atomic mass is 19.4. The summed E-state index contributed by atoms with van der Waals surface area (Å²) in [6.45, 7) is 2.88. The highest BCUT2D eigenvalue weighted by molar-refractivity contribution is 5.55. The zero-order valence-corrected chi connectivity index (χ0v) is 19.5. The molecule has 1 aliphatic carbocycles. The number of rotatable bonds is 8. The van der Waals surface area contributed by atoms with Crippen molar-refractivity contribution >= 4 is 0 Å². The third-order valence-corrected chi connectivity index (χ3v) is 7.52. The number of nitrogens with zero attached hydrogens (tertiary/aromatic N) is 4. The molecule has 2 aliphatic rings. The van der Waals surface area contributed by atoms with Crippen LogP contribution >= 0.6 is 0 Å². The summed E-state index contributed by atoms with van der Waals surface area (Å²) in [7, 11) is 1.82. The number of aromatic nitrogens is 3. The van der Waals surface area contributed by atoms with Gasteiger partial charge in [0.05, 0.1) is 5.56 Å². The SMILES string of the molecule is Cn1c(CCCCCN2CC3C[C@]3(c3ccc(C(F)(F)F)cc3)C2)nnc1-c1ccc(F)c(F)c1. The summed E-state index contributed by atoms with van der Waals surface area (Å²) in [6, 6.07) is 9.41. The second kappa shape index (κ2) is 9.00. The molecule has 0 spiro atoms. The fraction of sp³-hybridized carbons (Fsp3) is 0.462. The lowest BCUT2D eigenvalue weighted by molar-refractivity contribution is -0.137. The predicted molar refractivity (Wildman–Crippen MR) is 122 cm³/mol. The van der Waals surface area contributed by atoms with E-state index in [4.69, 9.17) is 0 Å². The van der Waals surface area contributed by atoms with E-state index < -0.39 is 23.4 Å². The van der Waals surface area contributed by atoms with Crippen LogP contribution < -0.4 is 0 Å². The second-order valence-corrected chi connectivity index (χ2v) is 9.81. The largest absolute Gasteiger partial charge is 0.416 e. The van der Waals surface area contributed by atoms with Crippen LogP contribution in [0.5, 0.6) is 0 Å². The van der Waals surface area contributed by atoms with Gasteiger partial charge in [-0.1, -0.05) is 18.6 Å².